The Hall–Kier alpha value is -1.59. The number of hydrogen-bond donors (Lipinski definition) is 2. The van der Waals surface area contributed by atoms with Crippen LogP contribution in [-0.2, 0) is 0 Å². The minimum atomic E-state index is -0.682. The first-order chi connectivity index (χ1) is 7.95. The summed E-state index contributed by atoms with van der Waals surface area (Å²) < 4.78 is 0.866. The van der Waals surface area contributed by atoms with Gasteiger partial charge in [0.2, 0.25) is 0 Å². The minimum absolute atomic E-state index is 0.0608. The number of nitrogens with zero attached hydrogens (tertiary/aromatic N) is 3. The van der Waals surface area contributed by atoms with E-state index < -0.39 is 5.91 Å². The van der Waals surface area contributed by atoms with Gasteiger partial charge in [-0.3, -0.25) is 0 Å². The van der Waals surface area contributed by atoms with Gasteiger partial charge in [-0.05, 0) is 0 Å². The van der Waals surface area contributed by atoms with Crippen LogP contribution in [0.2, 0.25) is 5.82 Å². The molecule has 0 fully saturated rings. The van der Waals surface area contributed by atoms with E-state index in [2.05, 4.69) is 10.3 Å². The molecule has 0 aliphatic rings. The van der Waals surface area contributed by atoms with Gasteiger partial charge in [-0.15, -0.1) is 0 Å². The molecule has 0 radical (unpaired) electrons. The molecule has 0 aromatic heterocycles. The predicted molar refractivity (Wildman–Crippen MR) is 66.1 cm³/mol. The summed E-state index contributed by atoms with van der Waals surface area (Å²) in [7, 11) is 3.49. The molecule has 92 valence electrons. The topological polar surface area (TPSA) is 91.3 Å². The Labute approximate surface area is 106 Å². The molecule has 0 bridgehead atoms. The van der Waals surface area contributed by atoms with E-state index in [9.17, 15) is 9.90 Å². The molecule has 0 aliphatic carbocycles. The van der Waals surface area contributed by atoms with E-state index >= 15 is 0 Å². The van der Waals surface area contributed by atoms with Crippen LogP contribution in [0.15, 0.2) is 22.5 Å². The number of carbonyl (C=O) groups excluding carboxylic acids is 1. The molecule has 3 N–H and O–H groups in total. The van der Waals surface area contributed by atoms with Crippen LogP contribution in [0.1, 0.15) is 10.4 Å². The third kappa shape index (κ3) is 3.44. The molecule has 0 unspecified atom stereocenters. The van der Waals surface area contributed by atoms with Gasteiger partial charge < -0.3 is 0 Å². The zero-order chi connectivity index (χ0) is 13.0. The summed E-state index contributed by atoms with van der Waals surface area (Å²) in [5, 5.41) is 19.0. The van der Waals surface area contributed by atoms with E-state index in [-0.39, 0.29) is 26.3 Å². The van der Waals surface area contributed by atoms with Crippen LogP contribution < -0.4 is 10.2 Å². The van der Waals surface area contributed by atoms with E-state index in [1.807, 2.05) is 5.82 Å². The van der Waals surface area contributed by atoms with Gasteiger partial charge in [-0.25, -0.2) is 0 Å². The van der Waals surface area contributed by atoms with Crippen LogP contribution in [0.25, 0.3) is 0 Å². The molecule has 0 heterocycles. The number of rotatable bonds is 4. The number of phenols is 1. The average Bonchev–Trinajstić information content (AvgIpc) is 2.26. The standard InChI is InChI=1S/C10H14N4O2Se/c1-14(2)13-12-7-4-6(10(11)16)8(15)5-9(7)17-3/h4-5,15H,1-3H3,(H2,11,16). The molecule has 0 atom stereocenters. The monoisotopic (exact) mass is 302 g/mol. The molecule has 1 rings (SSSR count). The van der Waals surface area contributed by atoms with E-state index in [1.165, 1.54) is 12.1 Å². The molecule has 1 aromatic rings. The van der Waals surface area contributed by atoms with Crippen molar-refractivity contribution in [1.82, 2.24) is 5.01 Å². The first-order valence-electron chi connectivity index (χ1n) is 4.75. The van der Waals surface area contributed by atoms with E-state index in [0.29, 0.717) is 5.69 Å². The number of primary amides is 1. The van der Waals surface area contributed by atoms with Crippen molar-refractivity contribution in [2.45, 2.75) is 5.82 Å². The number of nitrogens with two attached hydrogens (primary N) is 1. The average molecular weight is 301 g/mol. The Morgan fingerprint density at radius 1 is 1.47 bits per heavy atom. The Morgan fingerprint density at radius 3 is 2.59 bits per heavy atom. The van der Waals surface area contributed by atoms with Crippen LogP contribution in [0.4, 0.5) is 5.69 Å². The van der Waals surface area contributed by atoms with Gasteiger partial charge in [0.05, 0.1) is 0 Å². The number of amides is 1. The molecule has 7 heteroatoms. The van der Waals surface area contributed by atoms with E-state index in [4.69, 9.17) is 5.73 Å². The fourth-order valence-corrected chi connectivity index (χ4v) is 2.26. The Morgan fingerprint density at radius 2 is 2.12 bits per heavy atom. The molecular formula is C10H14N4O2Se. The van der Waals surface area contributed by atoms with E-state index in [1.54, 1.807) is 19.1 Å². The van der Waals surface area contributed by atoms with Crippen molar-refractivity contribution < 1.29 is 9.90 Å². The molecule has 0 saturated heterocycles. The normalized spacial score (nSPS) is 10.8. The van der Waals surface area contributed by atoms with E-state index in [0.717, 1.165) is 4.46 Å². The summed E-state index contributed by atoms with van der Waals surface area (Å²) in [5.41, 5.74) is 5.78. The third-order valence-electron chi connectivity index (χ3n) is 1.89. The number of benzene rings is 1. The zero-order valence-electron chi connectivity index (χ0n) is 9.84. The summed E-state index contributed by atoms with van der Waals surface area (Å²) >= 11 is 0.133. The molecule has 6 nitrogen and oxygen atoms in total. The predicted octanol–water partition coefficient (Wildman–Crippen LogP) is 0.429. The quantitative estimate of drug-likeness (QED) is 0.480. The Bertz CT molecular complexity index is 460. The van der Waals surface area contributed by atoms with Crippen molar-refractivity contribution in [1.29, 1.82) is 0 Å². The van der Waals surface area contributed by atoms with Crippen molar-refractivity contribution in [2.75, 3.05) is 14.1 Å². The fourth-order valence-electron chi connectivity index (χ4n) is 1.13. The van der Waals surface area contributed by atoms with Crippen LogP contribution >= 0.6 is 0 Å². The van der Waals surface area contributed by atoms with Crippen molar-refractivity contribution in [3.05, 3.63) is 17.7 Å². The first-order valence-corrected chi connectivity index (χ1v) is 7.32. The number of aromatic hydroxyl groups is 1. The zero-order valence-corrected chi connectivity index (χ0v) is 11.6. The van der Waals surface area contributed by atoms with Gasteiger partial charge >= 0.3 is 105 Å². The SMILES string of the molecule is C[Se]c1cc(O)c(C(N)=O)cc1N=NN(C)C. The molecule has 17 heavy (non-hydrogen) atoms. The summed E-state index contributed by atoms with van der Waals surface area (Å²) in [6.45, 7) is 0. The van der Waals surface area contributed by atoms with Crippen LogP contribution in [-0.4, -0.2) is 45.1 Å². The van der Waals surface area contributed by atoms with Crippen LogP contribution in [0.3, 0.4) is 0 Å². The van der Waals surface area contributed by atoms with Crippen molar-refractivity contribution in [2.24, 2.45) is 16.1 Å². The van der Waals surface area contributed by atoms with Gasteiger partial charge in [0.1, 0.15) is 0 Å². The Balaban J connectivity index is 3.26. The second-order valence-electron chi connectivity index (χ2n) is 3.44. The maximum absolute atomic E-state index is 11.1. The molecule has 0 spiro atoms. The number of hydrogen-bond acceptors (Lipinski definition) is 4. The third-order valence-corrected chi connectivity index (χ3v) is 3.50. The first kappa shape index (κ1) is 13.5. The summed E-state index contributed by atoms with van der Waals surface area (Å²) in [4.78, 5) is 11.1. The van der Waals surface area contributed by atoms with Gasteiger partial charge in [0, 0.05) is 0 Å². The van der Waals surface area contributed by atoms with Gasteiger partial charge in [0.25, 0.3) is 0 Å². The molecule has 1 aromatic carbocycles. The van der Waals surface area contributed by atoms with Crippen molar-refractivity contribution in [3.8, 4) is 5.75 Å². The van der Waals surface area contributed by atoms with Gasteiger partial charge in [-0.2, -0.15) is 0 Å². The summed E-state index contributed by atoms with van der Waals surface area (Å²) in [6, 6.07) is 2.98. The van der Waals surface area contributed by atoms with Gasteiger partial charge in [-0.1, -0.05) is 0 Å². The van der Waals surface area contributed by atoms with Gasteiger partial charge in [0.15, 0.2) is 0 Å². The molecule has 0 aliphatic heterocycles. The second kappa shape index (κ2) is 5.65. The fraction of sp³-hybridized carbons (Fsp3) is 0.300. The van der Waals surface area contributed by atoms with Crippen LogP contribution in [0, 0.1) is 0 Å². The van der Waals surface area contributed by atoms with Crippen molar-refractivity contribution in [3.63, 3.8) is 0 Å². The second-order valence-corrected chi connectivity index (χ2v) is 5.22. The molecule has 0 saturated carbocycles. The molecule has 1 amide bonds. The molecular weight excluding hydrogens is 287 g/mol. The summed E-state index contributed by atoms with van der Waals surface area (Å²) in [6.07, 6.45) is 0. The summed E-state index contributed by atoms with van der Waals surface area (Å²) in [5.74, 6) is 1.19. The Kier molecular flexibility index (Phi) is 4.48. The maximum atomic E-state index is 11.1. The van der Waals surface area contributed by atoms with Crippen LogP contribution in [0.5, 0.6) is 5.75 Å². The number of carbonyl (C=O) groups is 1. The van der Waals surface area contributed by atoms with Crippen molar-refractivity contribution >= 4 is 31.0 Å².